The Hall–Kier alpha value is -3.01. The molecular weight excluding hydrogens is 378 g/mol. The number of H-pyrrole nitrogens is 1. The second-order valence-corrected chi connectivity index (χ2v) is 8.18. The Balaban J connectivity index is 1.63. The number of sulfonamides is 1. The Kier molecular flexibility index (Phi) is 4.06. The van der Waals surface area contributed by atoms with Crippen LogP contribution < -0.4 is 10.0 Å². The standard InChI is InChI=1S/C17H14F2N4O3S/c18-12-3-4-13(23-27(25,26)11-1-2-11)15(19)14(12)17(24)22-10-7-9-5-6-20-16(9)21-8-10/h3-8,11,23H,1-2H2,(H,20,21)(H,22,24). The summed E-state index contributed by atoms with van der Waals surface area (Å²) in [4.78, 5) is 19.4. The average Bonchev–Trinajstić information content (AvgIpc) is 3.37. The number of hydrogen-bond donors (Lipinski definition) is 3. The van der Waals surface area contributed by atoms with Gasteiger partial charge in [-0.25, -0.2) is 22.2 Å². The number of aromatic nitrogens is 2. The molecule has 2 heterocycles. The monoisotopic (exact) mass is 392 g/mol. The molecule has 3 N–H and O–H groups in total. The maximum absolute atomic E-state index is 14.7. The number of pyridine rings is 1. The SMILES string of the molecule is O=C(Nc1cnc2[nH]ccc2c1)c1c(F)ccc(NS(=O)(=O)C2CC2)c1F. The van der Waals surface area contributed by atoms with E-state index in [9.17, 15) is 22.0 Å². The third kappa shape index (κ3) is 3.35. The molecule has 0 unspecified atom stereocenters. The lowest BCUT2D eigenvalue weighted by molar-refractivity contribution is 0.101. The molecule has 0 spiro atoms. The van der Waals surface area contributed by atoms with Gasteiger partial charge in [-0.2, -0.15) is 0 Å². The molecule has 1 aromatic carbocycles. The normalized spacial score (nSPS) is 14.3. The van der Waals surface area contributed by atoms with Gasteiger partial charge < -0.3 is 10.3 Å². The van der Waals surface area contributed by atoms with Crippen LogP contribution in [0.25, 0.3) is 11.0 Å². The maximum atomic E-state index is 14.7. The van der Waals surface area contributed by atoms with Crippen LogP contribution in [0.3, 0.4) is 0 Å². The summed E-state index contributed by atoms with van der Waals surface area (Å²) in [6.45, 7) is 0. The number of aromatic amines is 1. The van der Waals surface area contributed by atoms with Crippen molar-refractivity contribution in [1.29, 1.82) is 0 Å². The molecule has 1 aliphatic rings. The van der Waals surface area contributed by atoms with Crippen molar-refractivity contribution in [2.24, 2.45) is 0 Å². The topological polar surface area (TPSA) is 104 Å². The molecule has 0 saturated heterocycles. The zero-order valence-corrected chi connectivity index (χ0v) is 14.6. The van der Waals surface area contributed by atoms with Gasteiger partial charge in [0.25, 0.3) is 5.91 Å². The van der Waals surface area contributed by atoms with E-state index in [-0.39, 0.29) is 5.69 Å². The van der Waals surface area contributed by atoms with Crippen LogP contribution in [0.2, 0.25) is 0 Å². The van der Waals surface area contributed by atoms with E-state index in [4.69, 9.17) is 0 Å². The molecule has 1 amide bonds. The van der Waals surface area contributed by atoms with E-state index >= 15 is 0 Å². The number of carbonyl (C=O) groups is 1. The van der Waals surface area contributed by atoms with Gasteiger partial charge >= 0.3 is 0 Å². The lowest BCUT2D eigenvalue weighted by atomic mass is 10.1. The van der Waals surface area contributed by atoms with E-state index in [1.807, 2.05) is 0 Å². The van der Waals surface area contributed by atoms with Gasteiger partial charge in [-0.1, -0.05) is 0 Å². The number of benzene rings is 1. The predicted molar refractivity (Wildman–Crippen MR) is 96.0 cm³/mol. The number of fused-ring (bicyclic) bond motifs is 1. The van der Waals surface area contributed by atoms with E-state index in [1.165, 1.54) is 6.20 Å². The van der Waals surface area contributed by atoms with Gasteiger partial charge in [0.15, 0.2) is 5.82 Å². The van der Waals surface area contributed by atoms with E-state index in [2.05, 4.69) is 20.0 Å². The van der Waals surface area contributed by atoms with Gasteiger partial charge in [0, 0.05) is 11.6 Å². The lowest BCUT2D eigenvalue weighted by Crippen LogP contribution is -2.21. The Labute approximate surface area is 152 Å². The molecule has 10 heteroatoms. The third-order valence-electron chi connectivity index (χ3n) is 4.19. The zero-order valence-electron chi connectivity index (χ0n) is 13.8. The highest BCUT2D eigenvalue weighted by Crippen LogP contribution is 2.31. The fourth-order valence-corrected chi connectivity index (χ4v) is 4.04. The molecule has 3 aromatic rings. The summed E-state index contributed by atoms with van der Waals surface area (Å²) in [5.74, 6) is -3.42. The van der Waals surface area contributed by atoms with Crippen LogP contribution >= 0.6 is 0 Å². The summed E-state index contributed by atoms with van der Waals surface area (Å²) < 4.78 is 54.8. The van der Waals surface area contributed by atoms with Crippen LogP contribution in [-0.4, -0.2) is 29.5 Å². The highest BCUT2D eigenvalue weighted by Gasteiger charge is 2.36. The van der Waals surface area contributed by atoms with Crippen molar-refractivity contribution in [2.75, 3.05) is 10.0 Å². The van der Waals surface area contributed by atoms with Crippen molar-refractivity contribution in [2.45, 2.75) is 18.1 Å². The number of nitrogens with one attached hydrogen (secondary N) is 3. The van der Waals surface area contributed by atoms with Crippen LogP contribution in [0.5, 0.6) is 0 Å². The first kappa shape index (κ1) is 17.4. The van der Waals surface area contributed by atoms with Crippen LogP contribution in [0, 0.1) is 11.6 Å². The molecule has 7 nitrogen and oxygen atoms in total. The van der Waals surface area contributed by atoms with Crippen molar-refractivity contribution in [3.63, 3.8) is 0 Å². The van der Waals surface area contributed by atoms with Crippen molar-refractivity contribution < 1.29 is 22.0 Å². The van der Waals surface area contributed by atoms with Crippen LogP contribution in [0.1, 0.15) is 23.2 Å². The second-order valence-electron chi connectivity index (χ2n) is 6.22. The Morgan fingerprint density at radius 1 is 1.22 bits per heavy atom. The number of carbonyl (C=O) groups excluding carboxylic acids is 1. The first-order valence-corrected chi connectivity index (χ1v) is 9.64. The summed E-state index contributed by atoms with van der Waals surface area (Å²) in [7, 11) is -3.75. The molecule has 0 radical (unpaired) electrons. The van der Waals surface area contributed by atoms with Crippen molar-refractivity contribution in [3.05, 3.63) is 53.9 Å². The Bertz CT molecular complexity index is 1160. The molecule has 2 aromatic heterocycles. The quantitative estimate of drug-likeness (QED) is 0.621. The smallest absolute Gasteiger partial charge is 0.261 e. The third-order valence-corrected chi connectivity index (χ3v) is 6.05. The number of anilines is 2. The number of amides is 1. The number of hydrogen-bond acceptors (Lipinski definition) is 4. The van der Waals surface area contributed by atoms with E-state index < -0.39 is 44.1 Å². The maximum Gasteiger partial charge on any atom is 0.261 e. The van der Waals surface area contributed by atoms with Crippen LogP contribution in [0.15, 0.2) is 36.7 Å². The highest BCUT2D eigenvalue weighted by molar-refractivity contribution is 7.93. The summed E-state index contributed by atoms with van der Waals surface area (Å²) in [6.07, 6.45) is 3.98. The van der Waals surface area contributed by atoms with Crippen molar-refractivity contribution in [3.8, 4) is 0 Å². The van der Waals surface area contributed by atoms with Crippen LogP contribution in [-0.2, 0) is 10.0 Å². The molecular formula is C17H14F2N4O3S. The predicted octanol–water partition coefficient (Wildman–Crippen LogP) is 3.00. The second kappa shape index (κ2) is 6.31. The van der Waals surface area contributed by atoms with E-state index in [0.717, 1.165) is 12.1 Å². The summed E-state index contributed by atoms with van der Waals surface area (Å²) >= 11 is 0. The van der Waals surface area contributed by atoms with Crippen LogP contribution in [0.4, 0.5) is 20.2 Å². The van der Waals surface area contributed by atoms with Gasteiger partial charge in [0.2, 0.25) is 10.0 Å². The molecule has 0 aliphatic heterocycles. The first-order valence-electron chi connectivity index (χ1n) is 8.09. The van der Waals surface area contributed by atoms with Gasteiger partial charge in [0.1, 0.15) is 17.0 Å². The van der Waals surface area contributed by atoms with Gasteiger partial charge in [0.05, 0.1) is 22.8 Å². The van der Waals surface area contributed by atoms with Gasteiger partial charge in [-0.05, 0) is 37.1 Å². The summed E-state index contributed by atoms with van der Waals surface area (Å²) in [6, 6.07) is 5.11. The average molecular weight is 392 g/mol. The van der Waals surface area contributed by atoms with Gasteiger partial charge in [-0.15, -0.1) is 0 Å². The Morgan fingerprint density at radius 2 is 2.00 bits per heavy atom. The minimum atomic E-state index is -3.75. The number of nitrogens with zero attached hydrogens (tertiary/aromatic N) is 1. The summed E-state index contributed by atoms with van der Waals surface area (Å²) in [5.41, 5.74) is -0.496. The molecule has 0 atom stereocenters. The molecule has 4 rings (SSSR count). The molecule has 27 heavy (non-hydrogen) atoms. The van der Waals surface area contributed by atoms with E-state index in [1.54, 1.807) is 18.3 Å². The summed E-state index contributed by atoms with van der Waals surface area (Å²) in [5, 5.41) is 2.50. The zero-order chi connectivity index (χ0) is 19.2. The lowest BCUT2D eigenvalue weighted by Gasteiger charge is -2.12. The highest BCUT2D eigenvalue weighted by atomic mass is 32.2. The molecule has 1 saturated carbocycles. The molecule has 140 valence electrons. The first-order chi connectivity index (χ1) is 12.8. The fraction of sp³-hybridized carbons (Fsp3) is 0.176. The number of rotatable bonds is 5. The minimum absolute atomic E-state index is 0.245. The minimum Gasteiger partial charge on any atom is -0.346 e. The molecule has 1 fully saturated rings. The van der Waals surface area contributed by atoms with Crippen molar-refractivity contribution >= 4 is 38.3 Å². The van der Waals surface area contributed by atoms with Gasteiger partial charge in [-0.3, -0.25) is 9.52 Å². The Morgan fingerprint density at radius 3 is 2.74 bits per heavy atom. The molecule has 1 aliphatic carbocycles. The largest absolute Gasteiger partial charge is 0.346 e. The number of halogens is 2. The molecule has 0 bridgehead atoms. The van der Waals surface area contributed by atoms with Crippen molar-refractivity contribution in [1.82, 2.24) is 9.97 Å². The fourth-order valence-electron chi connectivity index (χ4n) is 2.66. The van der Waals surface area contributed by atoms with E-state index in [0.29, 0.717) is 23.9 Å².